The lowest BCUT2D eigenvalue weighted by Gasteiger charge is -2.12. The van der Waals surface area contributed by atoms with Gasteiger partial charge in [-0.1, -0.05) is 17.7 Å². The second-order valence-electron chi connectivity index (χ2n) is 4.14. The molecule has 0 amide bonds. The number of pyridine rings is 1. The number of nitrogens with zero attached hydrogens (tertiary/aromatic N) is 1. The van der Waals surface area contributed by atoms with Crippen LogP contribution in [0.1, 0.15) is 12.5 Å². The summed E-state index contributed by atoms with van der Waals surface area (Å²) in [6, 6.07) is 9.53. The van der Waals surface area contributed by atoms with E-state index in [1.165, 1.54) is 0 Å². The Morgan fingerprint density at radius 2 is 2.05 bits per heavy atom. The van der Waals surface area contributed by atoms with Crippen molar-refractivity contribution in [3.05, 3.63) is 47.2 Å². The first kappa shape index (κ1) is 14.5. The third kappa shape index (κ3) is 3.78. The van der Waals surface area contributed by atoms with E-state index >= 15 is 0 Å². The van der Waals surface area contributed by atoms with Gasteiger partial charge in [0.1, 0.15) is 5.15 Å². The number of ether oxygens (including phenoxy) is 2. The van der Waals surface area contributed by atoms with Gasteiger partial charge in [-0.25, -0.2) is 4.98 Å². The molecule has 4 nitrogen and oxygen atoms in total. The van der Waals surface area contributed by atoms with E-state index in [0.717, 1.165) is 22.7 Å². The molecule has 1 heterocycles. The molecule has 5 heteroatoms. The van der Waals surface area contributed by atoms with Gasteiger partial charge in [0, 0.05) is 18.4 Å². The monoisotopic (exact) mass is 292 g/mol. The highest BCUT2D eigenvalue weighted by Gasteiger charge is 2.05. The molecular formula is C15H17ClN2O2. The van der Waals surface area contributed by atoms with E-state index in [2.05, 4.69) is 10.3 Å². The van der Waals surface area contributed by atoms with Gasteiger partial charge in [-0.15, -0.1) is 0 Å². The quantitative estimate of drug-likeness (QED) is 0.824. The fourth-order valence-corrected chi connectivity index (χ4v) is 1.99. The van der Waals surface area contributed by atoms with Crippen LogP contribution in [0.2, 0.25) is 5.15 Å². The summed E-state index contributed by atoms with van der Waals surface area (Å²) in [7, 11) is 1.63. The summed E-state index contributed by atoms with van der Waals surface area (Å²) in [5, 5.41) is 3.76. The molecule has 0 aliphatic carbocycles. The number of hydrogen-bond acceptors (Lipinski definition) is 4. The third-order valence-corrected chi connectivity index (χ3v) is 2.96. The molecule has 0 fully saturated rings. The summed E-state index contributed by atoms with van der Waals surface area (Å²) in [6.07, 6.45) is 1.67. The molecule has 0 bridgehead atoms. The molecular weight excluding hydrogens is 276 g/mol. The maximum atomic E-state index is 5.84. The van der Waals surface area contributed by atoms with Crippen molar-refractivity contribution < 1.29 is 9.47 Å². The Bertz CT molecular complexity index is 576. The maximum absolute atomic E-state index is 5.84. The normalized spacial score (nSPS) is 10.2. The summed E-state index contributed by atoms with van der Waals surface area (Å²) < 4.78 is 10.8. The van der Waals surface area contributed by atoms with Crippen LogP contribution in [0.4, 0.5) is 5.69 Å². The van der Waals surface area contributed by atoms with Gasteiger partial charge in [0.15, 0.2) is 11.5 Å². The third-order valence-electron chi connectivity index (χ3n) is 2.75. The van der Waals surface area contributed by atoms with Crippen LogP contribution in [0.15, 0.2) is 36.5 Å². The number of rotatable bonds is 6. The minimum atomic E-state index is 0.472. The lowest BCUT2D eigenvalue weighted by atomic mass is 10.2. The van der Waals surface area contributed by atoms with Gasteiger partial charge in [-0.2, -0.15) is 0 Å². The zero-order valence-electron chi connectivity index (χ0n) is 11.5. The van der Waals surface area contributed by atoms with Gasteiger partial charge in [-0.05, 0) is 36.8 Å². The van der Waals surface area contributed by atoms with E-state index in [4.69, 9.17) is 21.1 Å². The molecule has 1 aromatic carbocycles. The van der Waals surface area contributed by atoms with Crippen LogP contribution in [0.3, 0.4) is 0 Å². The number of nitrogens with one attached hydrogen (secondary N) is 1. The highest BCUT2D eigenvalue weighted by molar-refractivity contribution is 6.29. The first-order valence-corrected chi connectivity index (χ1v) is 6.76. The lowest BCUT2D eigenvalue weighted by Crippen LogP contribution is -2.01. The van der Waals surface area contributed by atoms with Crippen molar-refractivity contribution in [2.24, 2.45) is 0 Å². The van der Waals surface area contributed by atoms with E-state index in [0.29, 0.717) is 18.3 Å². The highest BCUT2D eigenvalue weighted by Crippen LogP contribution is 2.28. The molecule has 0 spiro atoms. The van der Waals surface area contributed by atoms with E-state index < -0.39 is 0 Å². The topological polar surface area (TPSA) is 43.4 Å². The van der Waals surface area contributed by atoms with Crippen molar-refractivity contribution >= 4 is 17.3 Å². The van der Waals surface area contributed by atoms with Crippen LogP contribution in [0, 0.1) is 0 Å². The highest BCUT2D eigenvalue weighted by atomic mass is 35.5. The van der Waals surface area contributed by atoms with E-state index in [1.54, 1.807) is 19.4 Å². The summed E-state index contributed by atoms with van der Waals surface area (Å²) in [4.78, 5) is 3.94. The van der Waals surface area contributed by atoms with Gasteiger partial charge in [0.2, 0.25) is 0 Å². The smallest absolute Gasteiger partial charge is 0.161 e. The average molecular weight is 293 g/mol. The fraction of sp³-hybridized carbons (Fsp3) is 0.267. The summed E-state index contributed by atoms with van der Waals surface area (Å²) in [6.45, 7) is 3.22. The number of anilines is 1. The van der Waals surface area contributed by atoms with Crippen LogP contribution in [0.5, 0.6) is 11.5 Å². The summed E-state index contributed by atoms with van der Waals surface area (Å²) in [5.74, 6) is 1.49. The van der Waals surface area contributed by atoms with Crippen LogP contribution in [-0.4, -0.2) is 18.7 Å². The molecule has 20 heavy (non-hydrogen) atoms. The minimum Gasteiger partial charge on any atom is -0.493 e. The first-order valence-electron chi connectivity index (χ1n) is 6.38. The molecule has 1 N–H and O–H groups in total. The zero-order chi connectivity index (χ0) is 14.4. The lowest BCUT2D eigenvalue weighted by molar-refractivity contribution is 0.310. The Morgan fingerprint density at radius 3 is 2.75 bits per heavy atom. The Labute approximate surface area is 123 Å². The summed E-state index contributed by atoms with van der Waals surface area (Å²) >= 11 is 5.84. The number of halogens is 1. The molecule has 0 aliphatic rings. The van der Waals surface area contributed by atoms with Gasteiger partial charge < -0.3 is 14.8 Å². The molecule has 1 aromatic heterocycles. The summed E-state index contributed by atoms with van der Waals surface area (Å²) in [5.41, 5.74) is 2.03. The first-order chi connectivity index (χ1) is 9.72. The van der Waals surface area contributed by atoms with Crippen molar-refractivity contribution in [3.63, 3.8) is 0 Å². The van der Waals surface area contributed by atoms with Crippen molar-refractivity contribution in [2.45, 2.75) is 13.5 Å². The number of methoxy groups -OCH3 is 1. The molecule has 0 aliphatic heterocycles. The molecule has 0 radical (unpaired) electrons. The predicted molar refractivity (Wildman–Crippen MR) is 80.7 cm³/mol. The van der Waals surface area contributed by atoms with Crippen LogP contribution >= 0.6 is 11.6 Å². The van der Waals surface area contributed by atoms with Crippen molar-refractivity contribution in [2.75, 3.05) is 19.0 Å². The van der Waals surface area contributed by atoms with Crippen LogP contribution in [-0.2, 0) is 6.54 Å². The predicted octanol–water partition coefficient (Wildman–Crippen LogP) is 3.75. The Kier molecular flexibility index (Phi) is 5.07. The van der Waals surface area contributed by atoms with Crippen molar-refractivity contribution in [1.29, 1.82) is 0 Å². The second kappa shape index (κ2) is 7.01. The van der Waals surface area contributed by atoms with Gasteiger partial charge in [0.05, 0.1) is 13.7 Å². The Balaban J connectivity index is 2.07. The molecule has 0 saturated carbocycles. The molecule has 0 unspecified atom stereocenters. The fourth-order valence-electron chi connectivity index (χ4n) is 1.82. The van der Waals surface area contributed by atoms with Crippen molar-refractivity contribution in [1.82, 2.24) is 4.98 Å². The molecule has 2 aromatic rings. The van der Waals surface area contributed by atoms with E-state index in [-0.39, 0.29) is 0 Å². The van der Waals surface area contributed by atoms with Crippen LogP contribution < -0.4 is 14.8 Å². The SMILES string of the molecule is CCOc1cc(CNc2ccnc(Cl)c2)ccc1OC. The second-order valence-corrected chi connectivity index (χ2v) is 4.53. The standard InChI is InChI=1S/C15H17ClN2O2/c1-3-20-14-8-11(4-5-13(14)19-2)10-18-12-6-7-17-15(16)9-12/h4-9H,3,10H2,1-2H3,(H,17,18). The number of hydrogen-bond donors (Lipinski definition) is 1. The maximum Gasteiger partial charge on any atom is 0.161 e. The van der Waals surface area contributed by atoms with Crippen LogP contribution in [0.25, 0.3) is 0 Å². The number of benzene rings is 1. The molecule has 2 rings (SSSR count). The minimum absolute atomic E-state index is 0.472. The Hall–Kier alpha value is -1.94. The van der Waals surface area contributed by atoms with Gasteiger partial charge >= 0.3 is 0 Å². The zero-order valence-corrected chi connectivity index (χ0v) is 12.3. The molecule has 0 saturated heterocycles. The molecule has 0 atom stereocenters. The average Bonchev–Trinajstić information content (AvgIpc) is 2.46. The molecule has 106 valence electrons. The van der Waals surface area contributed by atoms with Crippen molar-refractivity contribution in [3.8, 4) is 11.5 Å². The largest absolute Gasteiger partial charge is 0.493 e. The Morgan fingerprint density at radius 1 is 1.20 bits per heavy atom. The van der Waals surface area contributed by atoms with Gasteiger partial charge in [0.25, 0.3) is 0 Å². The number of aromatic nitrogens is 1. The van der Waals surface area contributed by atoms with Gasteiger partial charge in [-0.3, -0.25) is 0 Å². The van der Waals surface area contributed by atoms with E-state index in [1.807, 2.05) is 31.2 Å². The van der Waals surface area contributed by atoms with E-state index in [9.17, 15) is 0 Å².